The number of amides is 1. The number of carbonyl (C=O) groups excluding carboxylic acids is 1. The molecule has 1 fully saturated rings. The quantitative estimate of drug-likeness (QED) is 0.880. The molecule has 1 atom stereocenters. The maximum absolute atomic E-state index is 11.7. The Bertz CT molecular complexity index is 478. The van der Waals surface area contributed by atoms with Crippen molar-refractivity contribution in [2.75, 3.05) is 0 Å². The van der Waals surface area contributed by atoms with Gasteiger partial charge in [0.05, 0.1) is 0 Å². The number of rotatable bonds is 4. The Balaban J connectivity index is 2.23. The fourth-order valence-corrected chi connectivity index (χ4v) is 3.32. The number of carbonyl (C=O) groups is 1. The summed E-state index contributed by atoms with van der Waals surface area (Å²) in [7, 11) is 0. The van der Waals surface area contributed by atoms with Crippen LogP contribution in [0.4, 0.5) is 0 Å². The van der Waals surface area contributed by atoms with E-state index in [1.54, 1.807) is 0 Å². The number of hydrogen-bond donors (Lipinski definition) is 1. The predicted molar refractivity (Wildman–Crippen MR) is 79.2 cm³/mol. The van der Waals surface area contributed by atoms with E-state index < -0.39 is 0 Å². The van der Waals surface area contributed by atoms with Crippen LogP contribution in [-0.2, 0) is 11.2 Å². The summed E-state index contributed by atoms with van der Waals surface area (Å²) >= 11 is 0. The van der Waals surface area contributed by atoms with Gasteiger partial charge in [0.2, 0.25) is 5.91 Å². The van der Waals surface area contributed by atoms with Crippen LogP contribution in [0.15, 0.2) is 18.2 Å². The van der Waals surface area contributed by atoms with Crippen LogP contribution in [0.3, 0.4) is 0 Å². The van der Waals surface area contributed by atoms with Crippen LogP contribution in [0.1, 0.15) is 49.8 Å². The van der Waals surface area contributed by atoms with Crippen molar-refractivity contribution in [3.8, 4) is 0 Å². The minimum atomic E-state index is -0.0226. The third kappa shape index (κ3) is 3.37. The van der Waals surface area contributed by atoms with E-state index in [4.69, 9.17) is 0 Å². The van der Waals surface area contributed by atoms with Gasteiger partial charge in [-0.15, -0.1) is 0 Å². The monoisotopic (exact) mass is 259 g/mol. The van der Waals surface area contributed by atoms with Crippen molar-refractivity contribution in [1.29, 1.82) is 0 Å². The molecule has 0 radical (unpaired) electrons. The van der Waals surface area contributed by atoms with E-state index in [0.29, 0.717) is 12.3 Å². The second kappa shape index (κ2) is 5.36. The third-order valence-corrected chi connectivity index (χ3v) is 4.06. The molecule has 1 unspecified atom stereocenters. The van der Waals surface area contributed by atoms with Gasteiger partial charge in [0.15, 0.2) is 0 Å². The topological polar surface area (TPSA) is 29.1 Å². The molecule has 1 saturated heterocycles. The summed E-state index contributed by atoms with van der Waals surface area (Å²) in [6.07, 6.45) is 3.67. The van der Waals surface area contributed by atoms with Gasteiger partial charge in [0.1, 0.15) is 0 Å². The molecule has 0 spiro atoms. The molecule has 1 aliphatic rings. The molecule has 1 amide bonds. The van der Waals surface area contributed by atoms with Crippen LogP contribution in [0.25, 0.3) is 0 Å². The lowest BCUT2D eigenvalue weighted by molar-refractivity contribution is -0.119. The van der Waals surface area contributed by atoms with E-state index in [2.05, 4.69) is 51.2 Å². The molecule has 2 heteroatoms. The van der Waals surface area contributed by atoms with Gasteiger partial charge in [-0.05, 0) is 50.2 Å². The van der Waals surface area contributed by atoms with E-state index in [1.165, 1.54) is 16.7 Å². The highest BCUT2D eigenvalue weighted by atomic mass is 16.2. The van der Waals surface area contributed by atoms with Gasteiger partial charge >= 0.3 is 0 Å². The molecule has 1 aromatic rings. The number of aryl methyl sites for hydroxylation is 2. The van der Waals surface area contributed by atoms with Crippen molar-refractivity contribution < 1.29 is 4.79 Å². The van der Waals surface area contributed by atoms with Gasteiger partial charge in [-0.1, -0.05) is 37.6 Å². The van der Waals surface area contributed by atoms with Crippen molar-refractivity contribution in [2.45, 2.75) is 58.9 Å². The van der Waals surface area contributed by atoms with Crippen molar-refractivity contribution in [3.05, 3.63) is 34.9 Å². The molecule has 0 aromatic heterocycles. The minimum absolute atomic E-state index is 0.0226. The van der Waals surface area contributed by atoms with Crippen molar-refractivity contribution in [1.82, 2.24) is 5.32 Å². The molecule has 0 bridgehead atoms. The summed E-state index contributed by atoms with van der Waals surface area (Å²) in [6, 6.07) is 6.62. The van der Waals surface area contributed by atoms with Crippen molar-refractivity contribution in [2.24, 2.45) is 5.92 Å². The van der Waals surface area contributed by atoms with Crippen molar-refractivity contribution >= 4 is 5.91 Å². The molecular formula is C17H25NO. The van der Waals surface area contributed by atoms with E-state index in [-0.39, 0.29) is 11.4 Å². The lowest BCUT2D eigenvalue weighted by atomic mass is 9.81. The zero-order chi connectivity index (χ0) is 14.0. The highest BCUT2D eigenvalue weighted by Crippen LogP contribution is 2.32. The van der Waals surface area contributed by atoms with Gasteiger partial charge in [-0.25, -0.2) is 0 Å². The Morgan fingerprint density at radius 2 is 2.05 bits per heavy atom. The molecule has 1 heterocycles. The highest BCUT2D eigenvalue weighted by molar-refractivity contribution is 5.79. The number of hydrogen-bond acceptors (Lipinski definition) is 1. The molecule has 104 valence electrons. The zero-order valence-electron chi connectivity index (χ0n) is 12.5. The standard InChI is InChI=1S/C17H25NO/c1-12(2)10-17(8-7-16(19)18-17)11-15-6-5-13(3)9-14(15)4/h5-6,9,12H,7-8,10-11H2,1-4H3,(H,18,19). The first kappa shape index (κ1) is 14.1. The zero-order valence-corrected chi connectivity index (χ0v) is 12.5. The van der Waals surface area contributed by atoms with Crippen LogP contribution in [-0.4, -0.2) is 11.4 Å². The summed E-state index contributed by atoms with van der Waals surface area (Å²) in [5, 5.41) is 3.25. The molecule has 0 saturated carbocycles. The number of nitrogens with one attached hydrogen (secondary N) is 1. The molecule has 1 N–H and O–H groups in total. The lowest BCUT2D eigenvalue weighted by Crippen LogP contribution is -2.44. The van der Waals surface area contributed by atoms with Crippen LogP contribution >= 0.6 is 0 Å². The Labute approximate surface area is 116 Å². The smallest absolute Gasteiger partial charge is 0.220 e. The maximum atomic E-state index is 11.7. The van der Waals surface area contributed by atoms with Gasteiger partial charge in [0, 0.05) is 12.0 Å². The Morgan fingerprint density at radius 3 is 2.58 bits per heavy atom. The first-order valence-electron chi connectivity index (χ1n) is 7.27. The normalized spacial score (nSPS) is 22.9. The molecular weight excluding hydrogens is 234 g/mol. The van der Waals surface area contributed by atoms with Gasteiger partial charge in [0.25, 0.3) is 0 Å². The summed E-state index contributed by atoms with van der Waals surface area (Å²) in [5.74, 6) is 0.814. The summed E-state index contributed by atoms with van der Waals surface area (Å²) < 4.78 is 0. The first-order chi connectivity index (χ1) is 8.90. The second-order valence-corrected chi connectivity index (χ2v) is 6.53. The SMILES string of the molecule is Cc1ccc(CC2(CC(C)C)CCC(=O)N2)c(C)c1. The van der Waals surface area contributed by atoms with Gasteiger partial charge in [-0.2, -0.15) is 0 Å². The average molecular weight is 259 g/mol. The highest BCUT2D eigenvalue weighted by Gasteiger charge is 2.38. The summed E-state index contributed by atoms with van der Waals surface area (Å²) in [5.41, 5.74) is 3.98. The average Bonchev–Trinajstić information content (AvgIpc) is 2.63. The summed E-state index contributed by atoms with van der Waals surface area (Å²) in [4.78, 5) is 11.7. The molecule has 2 nitrogen and oxygen atoms in total. The van der Waals surface area contributed by atoms with Crippen molar-refractivity contribution in [3.63, 3.8) is 0 Å². The summed E-state index contributed by atoms with van der Waals surface area (Å²) in [6.45, 7) is 8.75. The molecule has 1 aromatic carbocycles. The lowest BCUT2D eigenvalue weighted by Gasteiger charge is -2.32. The second-order valence-electron chi connectivity index (χ2n) is 6.53. The Kier molecular flexibility index (Phi) is 3.98. The molecule has 1 aliphatic heterocycles. The predicted octanol–water partition coefficient (Wildman–Crippen LogP) is 3.54. The largest absolute Gasteiger partial charge is 0.350 e. The van der Waals surface area contributed by atoms with Gasteiger partial charge < -0.3 is 5.32 Å². The number of benzene rings is 1. The maximum Gasteiger partial charge on any atom is 0.220 e. The van der Waals surface area contributed by atoms with Crippen LogP contribution in [0.2, 0.25) is 0 Å². The molecule has 0 aliphatic carbocycles. The van der Waals surface area contributed by atoms with Crippen LogP contribution in [0, 0.1) is 19.8 Å². The minimum Gasteiger partial charge on any atom is -0.350 e. The Morgan fingerprint density at radius 1 is 1.32 bits per heavy atom. The molecule has 19 heavy (non-hydrogen) atoms. The van der Waals surface area contributed by atoms with E-state index >= 15 is 0 Å². The van der Waals surface area contributed by atoms with Crippen LogP contribution in [0.5, 0.6) is 0 Å². The van der Waals surface area contributed by atoms with E-state index in [0.717, 1.165) is 19.3 Å². The fourth-order valence-electron chi connectivity index (χ4n) is 3.32. The van der Waals surface area contributed by atoms with E-state index in [9.17, 15) is 4.79 Å². The van der Waals surface area contributed by atoms with Gasteiger partial charge in [-0.3, -0.25) is 4.79 Å². The third-order valence-electron chi connectivity index (χ3n) is 4.06. The van der Waals surface area contributed by atoms with E-state index in [1.807, 2.05) is 0 Å². The Hall–Kier alpha value is -1.31. The first-order valence-corrected chi connectivity index (χ1v) is 7.27. The fraction of sp³-hybridized carbons (Fsp3) is 0.588. The van der Waals surface area contributed by atoms with Crippen LogP contribution < -0.4 is 5.32 Å². The molecule has 2 rings (SSSR count).